The molecule has 1 heterocycles. The van der Waals surface area contributed by atoms with Gasteiger partial charge in [0.25, 0.3) is 0 Å². The van der Waals surface area contributed by atoms with Crippen molar-refractivity contribution in [2.75, 3.05) is 11.9 Å². The standard InChI is InChI=1S/C19H35N3O2/c1-3-5-7-8-10-12-17(11-9-6-4-2)19(24)21-18-15-20-22(16-18)13-14-23/h15-17,23H,3-14H2,1-2H3,(H,21,24). The van der Waals surface area contributed by atoms with Crippen LogP contribution in [0.1, 0.15) is 78.1 Å². The summed E-state index contributed by atoms with van der Waals surface area (Å²) in [6.07, 6.45) is 15.0. The minimum atomic E-state index is 0.0481. The maximum Gasteiger partial charge on any atom is 0.227 e. The minimum absolute atomic E-state index is 0.0481. The molecule has 5 heteroatoms. The highest BCUT2D eigenvalue weighted by Crippen LogP contribution is 2.20. The zero-order valence-corrected chi connectivity index (χ0v) is 15.5. The lowest BCUT2D eigenvalue weighted by Gasteiger charge is -2.16. The lowest BCUT2D eigenvalue weighted by Crippen LogP contribution is -2.22. The number of anilines is 1. The van der Waals surface area contributed by atoms with Gasteiger partial charge in [-0.25, -0.2) is 0 Å². The van der Waals surface area contributed by atoms with E-state index in [0.29, 0.717) is 6.54 Å². The molecule has 0 aliphatic heterocycles. The van der Waals surface area contributed by atoms with E-state index in [1.54, 1.807) is 17.1 Å². The van der Waals surface area contributed by atoms with Gasteiger partial charge in [-0.05, 0) is 12.8 Å². The van der Waals surface area contributed by atoms with Gasteiger partial charge in [0.05, 0.1) is 25.0 Å². The maximum absolute atomic E-state index is 12.6. The van der Waals surface area contributed by atoms with Gasteiger partial charge in [-0.15, -0.1) is 0 Å². The number of rotatable bonds is 14. The molecule has 138 valence electrons. The maximum atomic E-state index is 12.6. The largest absolute Gasteiger partial charge is 0.394 e. The Kier molecular flexibility index (Phi) is 11.2. The second kappa shape index (κ2) is 13.0. The van der Waals surface area contributed by atoms with E-state index in [4.69, 9.17) is 5.11 Å². The van der Waals surface area contributed by atoms with Gasteiger partial charge in [-0.1, -0.05) is 65.2 Å². The number of nitrogens with one attached hydrogen (secondary N) is 1. The lowest BCUT2D eigenvalue weighted by molar-refractivity contribution is -0.120. The molecule has 2 N–H and O–H groups in total. The van der Waals surface area contributed by atoms with Gasteiger partial charge in [-0.2, -0.15) is 5.10 Å². The Bertz CT molecular complexity index is 446. The van der Waals surface area contributed by atoms with E-state index >= 15 is 0 Å². The first kappa shape index (κ1) is 20.7. The van der Waals surface area contributed by atoms with Gasteiger partial charge in [0.1, 0.15) is 0 Å². The molecule has 24 heavy (non-hydrogen) atoms. The molecule has 0 aliphatic carbocycles. The number of aliphatic hydroxyl groups excluding tert-OH is 1. The summed E-state index contributed by atoms with van der Waals surface area (Å²) >= 11 is 0. The highest BCUT2D eigenvalue weighted by atomic mass is 16.3. The van der Waals surface area contributed by atoms with Crippen LogP contribution < -0.4 is 5.32 Å². The van der Waals surface area contributed by atoms with Crippen molar-refractivity contribution >= 4 is 11.6 Å². The molecular weight excluding hydrogens is 302 g/mol. The Morgan fingerprint density at radius 3 is 2.42 bits per heavy atom. The number of carbonyl (C=O) groups is 1. The predicted octanol–water partition coefficient (Wildman–Crippen LogP) is 4.37. The molecule has 1 amide bonds. The van der Waals surface area contributed by atoms with Gasteiger partial charge < -0.3 is 10.4 Å². The monoisotopic (exact) mass is 337 g/mol. The fraction of sp³-hybridized carbons (Fsp3) is 0.789. The molecule has 0 radical (unpaired) electrons. The fourth-order valence-electron chi connectivity index (χ4n) is 2.94. The van der Waals surface area contributed by atoms with Crippen molar-refractivity contribution in [1.29, 1.82) is 0 Å². The first-order valence-corrected chi connectivity index (χ1v) is 9.65. The smallest absolute Gasteiger partial charge is 0.227 e. The van der Waals surface area contributed by atoms with Crippen LogP contribution in [0.25, 0.3) is 0 Å². The van der Waals surface area contributed by atoms with Crippen molar-refractivity contribution < 1.29 is 9.90 Å². The first-order valence-electron chi connectivity index (χ1n) is 9.65. The molecule has 0 bridgehead atoms. The summed E-state index contributed by atoms with van der Waals surface area (Å²) in [5.74, 6) is 0.213. The summed E-state index contributed by atoms with van der Waals surface area (Å²) in [6.45, 7) is 4.91. The van der Waals surface area contributed by atoms with Crippen molar-refractivity contribution in [2.45, 2.75) is 84.6 Å². The molecule has 0 aromatic carbocycles. The van der Waals surface area contributed by atoms with Crippen LogP contribution in [0.15, 0.2) is 12.4 Å². The van der Waals surface area contributed by atoms with Crippen molar-refractivity contribution in [2.24, 2.45) is 5.92 Å². The number of aliphatic hydroxyl groups is 1. The summed E-state index contributed by atoms with van der Waals surface area (Å²) in [4.78, 5) is 12.6. The van der Waals surface area contributed by atoms with Crippen LogP contribution in [0, 0.1) is 5.92 Å². The summed E-state index contributed by atoms with van der Waals surface area (Å²) in [5, 5.41) is 16.1. The zero-order chi connectivity index (χ0) is 17.6. The number of hydrogen-bond acceptors (Lipinski definition) is 3. The number of carbonyl (C=O) groups excluding carboxylic acids is 1. The van der Waals surface area contributed by atoms with E-state index in [2.05, 4.69) is 24.3 Å². The van der Waals surface area contributed by atoms with Gasteiger partial charge >= 0.3 is 0 Å². The second-order valence-electron chi connectivity index (χ2n) is 6.60. The second-order valence-corrected chi connectivity index (χ2v) is 6.60. The van der Waals surface area contributed by atoms with E-state index < -0.39 is 0 Å². The highest BCUT2D eigenvalue weighted by molar-refractivity contribution is 5.92. The SMILES string of the molecule is CCCCCCCC(CCCCC)C(=O)Nc1cnn(CCO)c1. The fourth-order valence-corrected chi connectivity index (χ4v) is 2.94. The molecule has 0 saturated carbocycles. The van der Waals surface area contributed by atoms with Crippen LogP contribution in [-0.4, -0.2) is 27.4 Å². The summed E-state index contributed by atoms with van der Waals surface area (Å²) < 4.78 is 1.65. The lowest BCUT2D eigenvalue weighted by atomic mass is 9.93. The molecule has 0 aliphatic rings. The van der Waals surface area contributed by atoms with Crippen molar-refractivity contribution in [3.63, 3.8) is 0 Å². The molecular formula is C19H35N3O2. The van der Waals surface area contributed by atoms with E-state index in [0.717, 1.165) is 31.4 Å². The predicted molar refractivity (Wildman–Crippen MR) is 99.0 cm³/mol. The van der Waals surface area contributed by atoms with Gasteiger partial charge in [-0.3, -0.25) is 9.48 Å². The summed E-state index contributed by atoms with van der Waals surface area (Å²) in [7, 11) is 0. The van der Waals surface area contributed by atoms with E-state index in [1.165, 1.54) is 38.5 Å². The molecule has 5 nitrogen and oxygen atoms in total. The van der Waals surface area contributed by atoms with Gasteiger partial charge in [0, 0.05) is 12.1 Å². The number of hydrogen-bond donors (Lipinski definition) is 2. The molecule has 0 spiro atoms. The van der Waals surface area contributed by atoms with Crippen LogP contribution in [0.5, 0.6) is 0 Å². The third-order valence-electron chi connectivity index (χ3n) is 4.41. The summed E-state index contributed by atoms with van der Waals surface area (Å²) in [5.41, 5.74) is 0.722. The zero-order valence-electron chi connectivity index (χ0n) is 15.5. The first-order chi connectivity index (χ1) is 11.7. The minimum Gasteiger partial charge on any atom is -0.394 e. The number of aromatic nitrogens is 2. The molecule has 1 atom stereocenters. The van der Waals surface area contributed by atoms with Crippen LogP contribution in [0.4, 0.5) is 5.69 Å². The van der Waals surface area contributed by atoms with Gasteiger partial charge in [0.2, 0.25) is 5.91 Å². The van der Waals surface area contributed by atoms with E-state index in [9.17, 15) is 4.79 Å². The molecule has 1 rings (SSSR count). The normalized spacial score (nSPS) is 12.3. The highest BCUT2D eigenvalue weighted by Gasteiger charge is 2.18. The summed E-state index contributed by atoms with van der Waals surface area (Å²) in [6, 6.07) is 0. The number of amides is 1. The topological polar surface area (TPSA) is 67.2 Å². The Labute approximate surface area is 146 Å². The van der Waals surface area contributed by atoms with Crippen LogP contribution in [0.2, 0.25) is 0 Å². The Balaban J connectivity index is 2.47. The molecule has 1 unspecified atom stereocenters. The van der Waals surface area contributed by atoms with Crippen molar-refractivity contribution in [3.05, 3.63) is 12.4 Å². The quantitative estimate of drug-likeness (QED) is 0.495. The van der Waals surface area contributed by atoms with Crippen LogP contribution in [-0.2, 0) is 11.3 Å². The molecule has 0 saturated heterocycles. The molecule has 0 fully saturated rings. The average molecular weight is 338 g/mol. The van der Waals surface area contributed by atoms with Crippen molar-refractivity contribution in [1.82, 2.24) is 9.78 Å². The average Bonchev–Trinajstić information content (AvgIpc) is 3.00. The Hall–Kier alpha value is -1.36. The Morgan fingerprint density at radius 2 is 1.75 bits per heavy atom. The van der Waals surface area contributed by atoms with Crippen molar-refractivity contribution in [3.8, 4) is 0 Å². The molecule has 1 aromatic heterocycles. The third-order valence-corrected chi connectivity index (χ3v) is 4.41. The van der Waals surface area contributed by atoms with Crippen LogP contribution in [0.3, 0.4) is 0 Å². The van der Waals surface area contributed by atoms with E-state index in [-0.39, 0.29) is 18.4 Å². The third kappa shape index (κ3) is 8.48. The van der Waals surface area contributed by atoms with Gasteiger partial charge in [0.15, 0.2) is 0 Å². The van der Waals surface area contributed by atoms with Crippen LogP contribution >= 0.6 is 0 Å². The Morgan fingerprint density at radius 1 is 1.12 bits per heavy atom. The number of nitrogens with zero attached hydrogens (tertiary/aromatic N) is 2. The molecule has 1 aromatic rings. The van der Waals surface area contributed by atoms with E-state index in [1.807, 2.05) is 0 Å². The number of unbranched alkanes of at least 4 members (excludes halogenated alkanes) is 6.